The van der Waals surface area contributed by atoms with Gasteiger partial charge in [-0.1, -0.05) is 11.3 Å². The Morgan fingerprint density at radius 2 is 2.27 bits per heavy atom. The fourth-order valence-electron chi connectivity index (χ4n) is 2.63. The average molecular weight is 321 g/mol. The molecule has 7 heteroatoms. The molecular formula is C15H19N3O3S. The Bertz CT molecular complexity index is 701. The Balaban J connectivity index is 2.06. The van der Waals surface area contributed by atoms with E-state index in [1.54, 1.807) is 24.5 Å². The number of carbonyl (C=O) groups excluding carboxylic acids is 1. The molecule has 0 radical (unpaired) electrons. The second-order valence-electron chi connectivity index (χ2n) is 5.26. The fraction of sp³-hybridized carbons (Fsp3) is 0.467. The smallest absolute Gasteiger partial charge is 0.338 e. The number of thiazole rings is 1. The number of hydrogen-bond acceptors (Lipinski definition) is 7. The summed E-state index contributed by atoms with van der Waals surface area (Å²) in [6, 6.07) is 3.89. The van der Waals surface area contributed by atoms with Gasteiger partial charge in [-0.3, -0.25) is 0 Å². The number of nitrogens with zero attached hydrogens (tertiary/aromatic N) is 2. The summed E-state index contributed by atoms with van der Waals surface area (Å²) in [5.74, 6) is 0.230. The summed E-state index contributed by atoms with van der Waals surface area (Å²) in [6.45, 7) is 4.99. The number of fused-ring (bicyclic) bond motifs is 1. The molecule has 118 valence electrons. The Morgan fingerprint density at radius 1 is 1.45 bits per heavy atom. The van der Waals surface area contributed by atoms with Gasteiger partial charge in [-0.15, -0.1) is 0 Å². The molecule has 6 nitrogen and oxygen atoms in total. The van der Waals surface area contributed by atoms with Crippen LogP contribution in [0.15, 0.2) is 12.1 Å². The summed E-state index contributed by atoms with van der Waals surface area (Å²) in [7, 11) is 2.96. The summed E-state index contributed by atoms with van der Waals surface area (Å²) in [5, 5.41) is 4.33. The molecule has 22 heavy (non-hydrogen) atoms. The highest BCUT2D eigenvalue weighted by molar-refractivity contribution is 7.22. The minimum atomic E-state index is -0.370. The molecule has 0 spiro atoms. The van der Waals surface area contributed by atoms with Gasteiger partial charge < -0.3 is 19.7 Å². The monoisotopic (exact) mass is 321 g/mol. The molecule has 2 aromatic rings. The Labute approximate surface area is 133 Å². The van der Waals surface area contributed by atoms with Crippen molar-refractivity contribution in [3.05, 3.63) is 17.7 Å². The van der Waals surface area contributed by atoms with Crippen molar-refractivity contribution in [1.82, 2.24) is 10.3 Å². The predicted octanol–water partition coefficient (Wildman–Crippen LogP) is 1.89. The molecule has 1 aliphatic heterocycles. The molecule has 1 N–H and O–H groups in total. The summed E-state index contributed by atoms with van der Waals surface area (Å²) in [6.07, 6.45) is 0. The van der Waals surface area contributed by atoms with Gasteiger partial charge in [-0.05, 0) is 19.1 Å². The first-order valence-electron chi connectivity index (χ1n) is 7.18. The number of nitrogens with one attached hydrogen (secondary N) is 1. The Morgan fingerprint density at radius 3 is 2.95 bits per heavy atom. The van der Waals surface area contributed by atoms with Crippen LogP contribution in [-0.4, -0.2) is 50.8 Å². The lowest BCUT2D eigenvalue weighted by molar-refractivity contribution is 0.0600. The first-order chi connectivity index (χ1) is 10.6. The van der Waals surface area contributed by atoms with Crippen LogP contribution in [0.3, 0.4) is 0 Å². The van der Waals surface area contributed by atoms with Crippen molar-refractivity contribution in [2.75, 3.05) is 38.8 Å². The van der Waals surface area contributed by atoms with Gasteiger partial charge >= 0.3 is 5.97 Å². The number of esters is 1. The van der Waals surface area contributed by atoms with Crippen LogP contribution < -0.4 is 15.0 Å². The highest BCUT2D eigenvalue weighted by Crippen LogP contribution is 2.36. The van der Waals surface area contributed by atoms with Crippen molar-refractivity contribution < 1.29 is 14.3 Å². The molecule has 1 aromatic carbocycles. The molecule has 3 rings (SSSR count). The zero-order valence-corrected chi connectivity index (χ0v) is 13.7. The minimum Gasteiger partial charge on any atom is -0.494 e. The van der Waals surface area contributed by atoms with E-state index in [1.807, 2.05) is 6.07 Å². The molecule has 1 saturated heterocycles. The van der Waals surface area contributed by atoms with E-state index in [4.69, 9.17) is 14.5 Å². The van der Waals surface area contributed by atoms with E-state index < -0.39 is 0 Å². The highest BCUT2D eigenvalue weighted by Gasteiger charge is 2.23. The van der Waals surface area contributed by atoms with Crippen molar-refractivity contribution in [3.8, 4) is 5.75 Å². The van der Waals surface area contributed by atoms with E-state index in [9.17, 15) is 4.79 Å². The predicted molar refractivity (Wildman–Crippen MR) is 87.2 cm³/mol. The number of aromatic nitrogens is 1. The molecule has 2 heterocycles. The van der Waals surface area contributed by atoms with Crippen LogP contribution in [0, 0.1) is 0 Å². The second kappa shape index (κ2) is 6.10. The van der Waals surface area contributed by atoms with Gasteiger partial charge in [0.2, 0.25) is 0 Å². The van der Waals surface area contributed by atoms with Gasteiger partial charge in [0, 0.05) is 25.7 Å². The van der Waals surface area contributed by atoms with Crippen molar-refractivity contribution in [1.29, 1.82) is 0 Å². The third kappa shape index (κ3) is 2.62. The maximum atomic E-state index is 11.8. The number of hydrogen-bond donors (Lipinski definition) is 1. The van der Waals surface area contributed by atoms with Gasteiger partial charge in [0.15, 0.2) is 5.13 Å². The third-order valence-corrected chi connectivity index (χ3v) is 4.88. The average Bonchev–Trinajstić information content (AvgIpc) is 2.97. The molecule has 1 fully saturated rings. The van der Waals surface area contributed by atoms with Crippen molar-refractivity contribution in [2.24, 2.45) is 0 Å². The minimum absolute atomic E-state index is 0.370. The van der Waals surface area contributed by atoms with Gasteiger partial charge in [-0.2, -0.15) is 0 Å². The first-order valence-corrected chi connectivity index (χ1v) is 8.00. The van der Waals surface area contributed by atoms with E-state index in [0.717, 1.165) is 35.0 Å². The summed E-state index contributed by atoms with van der Waals surface area (Å²) < 4.78 is 11.1. The van der Waals surface area contributed by atoms with Gasteiger partial charge in [-0.25, -0.2) is 9.78 Å². The lowest BCUT2D eigenvalue weighted by Crippen LogP contribution is -2.49. The van der Waals surface area contributed by atoms with Gasteiger partial charge in [0.05, 0.1) is 24.5 Å². The quantitative estimate of drug-likeness (QED) is 0.871. The number of anilines is 1. The number of ether oxygens (including phenoxy) is 2. The molecule has 0 bridgehead atoms. The van der Waals surface area contributed by atoms with E-state index in [1.165, 1.54) is 7.11 Å². The Hall–Kier alpha value is -1.86. The maximum Gasteiger partial charge on any atom is 0.338 e. The number of carbonyl (C=O) groups is 1. The van der Waals surface area contributed by atoms with Crippen LogP contribution in [0.1, 0.15) is 17.3 Å². The van der Waals surface area contributed by atoms with Crippen LogP contribution >= 0.6 is 11.3 Å². The summed E-state index contributed by atoms with van der Waals surface area (Å²) in [5.41, 5.74) is 1.27. The van der Waals surface area contributed by atoms with Gasteiger partial charge in [0.25, 0.3) is 0 Å². The molecule has 1 unspecified atom stereocenters. The van der Waals surface area contributed by atoms with Crippen LogP contribution in [0.4, 0.5) is 5.13 Å². The number of piperazine rings is 1. The second-order valence-corrected chi connectivity index (χ2v) is 6.27. The number of benzene rings is 1. The van der Waals surface area contributed by atoms with Crippen molar-refractivity contribution >= 4 is 32.7 Å². The van der Waals surface area contributed by atoms with E-state index >= 15 is 0 Å². The topological polar surface area (TPSA) is 63.7 Å². The summed E-state index contributed by atoms with van der Waals surface area (Å²) >= 11 is 1.58. The maximum absolute atomic E-state index is 11.8. The molecule has 0 amide bonds. The van der Waals surface area contributed by atoms with Crippen LogP contribution in [0.25, 0.3) is 10.2 Å². The standard InChI is InChI=1S/C15H19N3O3S/c1-9-8-16-4-5-18(9)15-17-13-11(20-2)6-10(14(19)21-3)7-12(13)22-15/h6-7,9,16H,4-5,8H2,1-3H3. The molecule has 1 atom stereocenters. The number of methoxy groups -OCH3 is 2. The normalized spacial score (nSPS) is 18.5. The van der Waals surface area contributed by atoms with E-state index in [-0.39, 0.29) is 5.97 Å². The summed E-state index contributed by atoms with van der Waals surface area (Å²) in [4.78, 5) is 18.8. The van der Waals surface area contributed by atoms with Crippen LogP contribution in [0.2, 0.25) is 0 Å². The highest BCUT2D eigenvalue weighted by atomic mass is 32.1. The SMILES string of the molecule is COC(=O)c1cc(OC)c2nc(N3CCNCC3C)sc2c1. The van der Waals surface area contributed by atoms with E-state index in [2.05, 4.69) is 17.1 Å². The fourth-order valence-corrected chi connectivity index (χ4v) is 3.78. The van der Waals surface area contributed by atoms with Crippen molar-refractivity contribution in [3.63, 3.8) is 0 Å². The Kier molecular flexibility index (Phi) is 4.17. The lowest BCUT2D eigenvalue weighted by atomic mass is 10.2. The van der Waals surface area contributed by atoms with Gasteiger partial charge in [0.1, 0.15) is 11.3 Å². The molecule has 0 saturated carbocycles. The van der Waals surface area contributed by atoms with Crippen molar-refractivity contribution in [2.45, 2.75) is 13.0 Å². The van der Waals surface area contributed by atoms with Crippen LogP contribution in [-0.2, 0) is 4.74 Å². The third-order valence-electron chi connectivity index (χ3n) is 3.84. The lowest BCUT2D eigenvalue weighted by Gasteiger charge is -2.33. The molecule has 0 aliphatic carbocycles. The molecule has 1 aliphatic rings. The molecular weight excluding hydrogens is 302 g/mol. The molecule has 1 aromatic heterocycles. The zero-order valence-electron chi connectivity index (χ0n) is 12.9. The number of rotatable bonds is 3. The van der Waals surface area contributed by atoms with Crippen LogP contribution in [0.5, 0.6) is 5.75 Å². The largest absolute Gasteiger partial charge is 0.494 e. The van der Waals surface area contributed by atoms with E-state index in [0.29, 0.717) is 17.4 Å². The zero-order chi connectivity index (χ0) is 15.7. The first kappa shape index (κ1) is 15.1.